The maximum absolute atomic E-state index is 13.0. The first-order chi connectivity index (χ1) is 6.19. The number of nitriles is 1. The Morgan fingerprint density at radius 2 is 2.23 bits per heavy atom. The smallest absolute Gasteiger partial charge is 0.168 e. The van der Waals surface area contributed by atoms with Gasteiger partial charge in [-0.15, -0.1) is 0 Å². The summed E-state index contributed by atoms with van der Waals surface area (Å²) in [4.78, 5) is 0. The summed E-state index contributed by atoms with van der Waals surface area (Å²) in [7, 11) is 1.42. The molecule has 0 fully saturated rings. The first-order valence-electron chi connectivity index (χ1n) is 3.87. The normalized spacial score (nSPS) is 12.2. The lowest BCUT2D eigenvalue weighted by Gasteiger charge is -2.07. The van der Waals surface area contributed by atoms with Crippen molar-refractivity contribution in [3.05, 3.63) is 35.1 Å². The van der Waals surface area contributed by atoms with Crippen molar-refractivity contribution in [3.8, 4) is 6.07 Å². The zero-order valence-corrected chi connectivity index (χ0v) is 7.54. The molecule has 1 unspecified atom stereocenters. The van der Waals surface area contributed by atoms with Gasteiger partial charge in [0.15, 0.2) is 6.10 Å². The molecular weight excluding hydrogens is 169 g/mol. The number of halogens is 1. The SMILES string of the molecule is COC(C#N)c1ccc(C)c(F)c1. The van der Waals surface area contributed by atoms with Crippen LogP contribution in [0.25, 0.3) is 0 Å². The Hall–Kier alpha value is -1.40. The lowest BCUT2D eigenvalue weighted by Crippen LogP contribution is -1.99. The summed E-state index contributed by atoms with van der Waals surface area (Å²) in [5.74, 6) is -0.310. The monoisotopic (exact) mass is 179 g/mol. The molecule has 0 aliphatic heterocycles. The Labute approximate surface area is 76.6 Å². The van der Waals surface area contributed by atoms with Crippen LogP contribution in [0.3, 0.4) is 0 Å². The molecule has 0 bridgehead atoms. The van der Waals surface area contributed by atoms with Crippen LogP contribution in [0.4, 0.5) is 4.39 Å². The largest absolute Gasteiger partial charge is 0.362 e. The standard InChI is InChI=1S/C10H10FNO/c1-7-3-4-8(5-9(7)11)10(6-12)13-2/h3-5,10H,1-2H3. The van der Waals surface area contributed by atoms with Gasteiger partial charge in [0.2, 0.25) is 0 Å². The molecule has 13 heavy (non-hydrogen) atoms. The first kappa shape index (κ1) is 9.69. The number of hydrogen-bond donors (Lipinski definition) is 0. The van der Waals surface area contributed by atoms with Crippen LogP contribution in [-0.4, -0.2) is 7.11 Å². The van der Waals surface area contributed by atoms with Crippen LogP contribution in [-0.2, 0) is 4.74 Å². The third-order valence-corrected chi connectivity index (χ3v) is 1.85. The van der Waals surface area contributed by atoms with Crippen molar-refractivity contribution in [1.82, 2.24) is 0 Å². The number of ether oxygens (including phenoxy) is 1. The lowest BCUT2D eigenvalue weighted by atomic mass is 10.1. The summed E-state index contributed by atoms with van der Waals surface area (Å²) in [6, 6.07) is 6.58. The van der Waals surface area contributed by atoms with Gasteiger partial charge in [-0.25, -0.2) is 4.39 Å². The van der Waals surface area contributed by atoms with E-state index in [4.69, 9.17) is 10.00 Å². The van der Waals surface area contributed by atoms with E-state index in [-0.39, 0.29) is 5.82 Å². The molecule has 0 radical (unpaired) electrons. The van der Waals surface area contributed by atoms with Crippen molar-refractivity contribution in [1.29, 1.82) is 5.26 Å². The van der Waals surface area contributed by atoms with Crippen LogP contribution in [0.15, 0.2) is 18.2 Å². The Kier molecular flexibility index (Phi) is 2.99. The Morgan fingerprint density at radius 3 is 2.69 bits per heavy atom. The topological polar surface area (TPSA) is 33.0 Å². The minimum absolute atomic E-state index is 0.310. The van der Waals surface area contributed by atoms with E-state index >= 15 is 0 Å². The van der Waals surface area contributed by atoms with Gasteiger partial charge in [-0.05, 0) is 24.1 Å². The summed E-state index contributed by atoms with van der Waals surface area (Å²) in [6.07, 6.45) is -0.685. The summed E-state index contributed by atoms with van der Waals surface area (Å²) in [5.41, 5.74) is 1.12. The molecule has 0 spiro atoms. The van der Waals surface area contributed by atoms with E-state index in [0.29, 0.717) is 11.1 Å². The van der Waals surface area contributed by atoms with E-state index in [1.165, 1.54) is 13.2 Å². The summed E-state index contributed by atoms with van der Waals surface area (Å²) < 4.78 is 17.9. The molecular formula is C10H10FNO. The van der Waals surface area contributed by atoms with Crippen molar-refractivity contribution in [2.75, 3.05) is 7.11 Å². The molecule has 68 valence electrons. The maximum atomic E-state index is 13.0. The van der Waals surface area contributed by atoms with Crippen LogP contribution >= 0.6 is 0 Å². The van der Waals surface area contributed by atoms with Gasteiger partial charge in [-0.3, -0.25) is 0 Å². The summed E-state index contributed by atoms with van der Waals surface area (Å²) in [5, 5.41) is 8.64. The number of hydrogen-bond acceptors (Lipinski definition) is 2. The Morgan fingerprint density at radius 1 is 1.54 bits per heavy atom. The van der Waals surface area contributed by atoms with Crippen LogP contribution in [0.2, 0.25) is 0 Å². The molecule has 3 heteroatoms. The van der Waals surface area contributed by atoms with Crippen LogP contribution in [0, 0.1) is 24.1 Å². The fraction of sp³-hybridized carbons (Fsp3) is 0.300. The first-order valence-corrected chi connectivity index (χ1v) is 3.87. The van der Waals surface area contributed by atoms with E-state index < -0.39 is 6.10 Å². The minimum atomic E-state index is -0.685. The van der Waals surface area contributed by atoms with E-state index in [9.17, 15) is 4.39 Å². The second-order valence-corrected chi connectivity index (χ2v) is 2.75. The summed E-state index contributed by atoms with van der Waals surface area (Å²) in [6.45, 7) is 1.67. The van der Waals surface area contributed by atoms with Gasteiger partial charge in [-0.1, -0.05) is 12.1 Å². The summed E-state index contributed by atoms with van der Waals surface area (Å²) >= 11 is 0. The number of benzene rings is 1. The fourth-order valence-electron chi connectivity index (χ4n) is 1.04. The van der Waals surface area contributed by atoms with Crippen molar-refractivity contribution in [3.63, 3.8) is 0 Å². The average Bonchev–Trinajstić information content (AvgIpc) is 2.13. The fourth-order valence-corrected chi connectivity index (χ4v) is 1.04. The number of aryl methyl sites for hydroxylation is 1. The number of rotatable bonds is 2. The van der Waals surface area contributed by atoms with Crippen LogP contribution < -0.4 is 0 Å². The van der Waals surface area contributed by atoms with Gasteiger partial charge in [0.05, 0.1) is 6.07 Å². The minimum Gasteiger partial charge on any atom is -0.362 e. The van der Waals surface area contributed by atoms with Crippen molar-refractivity contribution < 1.29 is 9.13 Å². The third-order valence-electron chi connectivity index (χ3n) is 1.85. The molecule has 1 aromatic carbocycles. The molecule has 1 aromatic rings. The number of nitrogens with zero attached hydrogens (tertiary/aromatic N) is 1. The van der Waals surface area contributed by atoms with Gasteiger partial charge in [0, 0.05) is 7.11 Å². The van der Waals surface area contributed by atoms with E-state index in [0.717, 1.165) is 0 Å². The molecule has 1 atom stereocenters. The Bertz CT molecular complexity index is 343. The third kappa shape index (κ3) is 2.04. The molecule has 2 nitrogen and oxygen atoms in total. The molecule has 0 amide bonds. The van der Waals surface area contributed by atoms with E-state index in [1.807, 2.05) is 6.07 Å². The highest BCUT2D eigenvalue weighted by atomic mass is 19.1. The van der Waals surface area contributed by atoms with Gasteiger partial charge < -0.3 is 4.74 Å². The zero-order chi connectivity index (χ0) is 9.84. The Balaban J connectivity index is 3.04. The van der Waals surface area contributed by atoms with E-state index in [1.54, 1.807) is 19.1 Å². The van der Waals surface area contributed by atoms with Crippen molar-refractivity contribution in [2.45, 2.75) is 13.0 Å². The van der Waals surface area contributed by atoms with Gasteiger partial charge in [0.25, 0.3) is 0 Å². The lowest BCUT2D eigenvalue weighted by molar-refractivity contribution is 0.148. The van der Waals surface area contributed by atoms with Gasteiger partial charge in [-0.2, -0.15) is 5.26 Å². The predicted octanol–water partition coefficient (Wildman–Crippen LogP) is 2.35. The zero-order valence-electron chi connectivity index (χ0n) is 7.54. The molecule has 0 saturated heterocycles. The van der Waals surface area contributed by atoms with Crippen LogP contribution in [0.1, 0.15) is 17.2 Å². The highest BCUT2D eigenvalue weighted by molar-refractivity contribution is 5.27. The van der Waals surface area contributed by atoms with Crippen molar-refractivity contribution >= 4 is 0 Å². The molecule has 1 rings (SSSR count). The number of methoxy groups -OCH3 is 1. The molecule has 0 aromatic heterocycles. The molecule has 0 aliphatic rings. The van der Waals surface area contributed by atoms with Gasteiger partial charge >= 0.3 is 0 Å². The maximum Gasteiger partial charge on any atom is 0.168 e. The highest BCUT2D eigenvalue weighted by Gasteiger charge is 2.09. The molecule has 0 N–H and O–H groups in total. The quantitative estimate of drug-likeness (QED) is 0.698. The molecule has 0 heterocycles. The second-order valence-electron chi connectivity index (χ2n) is 2.75. The van der Waals surface area contributed by atoms with E-state index in [2.05, 4.69) is 0 Å². The predicted molar refractivity (Wildman–Crippen MR) is 46.5 cm³/mol. The van der Waals surface area contributed by atoms with Crippen LogP contribution in [0.5, 0.6) is 0 Å². The highest BCUT2D eigenvalue weighted by Crippen LogP contribution is 2.18. The van der Waals surface area contributed by atoms with Crippen molar-refractivity contribution in [2.24, 2.45) is 0 Å². The molecule has 0 saturated carbocycles. The average molecular weight is 179 g/mol. The molecule has 0 aliphatic carbocycles. The second kappa shape index (κ2) is 4.01. The van der Waals surface area contributed by atoms with Gasteiger partial charge in [0.1, 0.15) is 5.82 Å².